The number of rotatable bonds is 5. The maximum absolute atomic E-state index is 5.75. The molecule has 3 fully saturated rings. The van der Waals surface area contributed by atoms with Gasteiger partial charge in [-0.25, -0.2) is 0 Å². The molecule has 2 aromatic heterocycles. The van der Waals surface area contributed by atoms with E-state index in [-0.39, 0.29) is 0 Å². The highest BCUT2D eigenvalue weighted by Gasteiger charge is 2.34. The van der Waals surface area contributed by atoms with E-state index in [9.17, 15) is 0 Å². The number of hydrogen-bond acceptors (Lipinski definition) is 6. The van der Waals surface area contributed by atoms with Crippen molar-refractivity contribution in [3.63, 3.8) is 0 Å². The van der Waals surface area contributed by atoms with Gasteiger partial charge in [-0.1, -0.05) is 0 Å². The molecule has 0 bridgehead atoms. The maximum Gasteiger partial charge on any atom is 0.178 e. The first-order valence-corrected chi connectivity index (χ1v) is 9.07. The number of anilines is 1. The molecule has 2 saturated heterocycles. The average molecular weight is 328 g/mol. The summed E-state index contributed by atoms with van der Waals surface area (Å²) >= 11 is 0. The van der Waals surface area contributed by atoms with Crippen LogP contribution in [0.25, 0.3) is 5.65 Å². The van der Waals surface area contributed by atoms with E-state index < -0.39 is 0 Å². The van der Waals surface area contributed by atoms with E-state index in [0.29, 0.717) is 18.1 Å². The molecule has 2 aliphatic heterocycles. The number of nitrogens with zero attached hydrogens (tertiary/aromatic N) is 6. The molecule has 2 aromatic rings. The lowest BCUT2D eigenvalue weighted by molar-refractivity contribution is 0.0627. The monoisotopic (exact) mass is 328 g/mol. The van der Waals surface area contributed by atoms with Crippen molar-refractivity contribution in [2.24, 2.45) is 0 Å². The Bertz CT molecular complexity index is 730. The predicted octanol–water partition coefficient (Wildman–Crippen LogP) is 1.30. The Kier molecular flexibility index (Phi) is 3.45. The first-order chi connectivity index (χ1) is 11.8. The highest BCUT2D eigenvalue weighted by molar-refractivity contribution is 5.48. The zero-order chi connectivity index (χ0) is 16.1. The molecular formula is C17H24N6O. The van der Waals surface area contributed by atoms with E-state index in [1.807, 2.05) is 10.6 Å². The summed E-state index contributed by atoms with van der Waals surface area (Å²) in [5, 5.41) is 13.3. The second kappa shape index (κ2) is 5.67. The molecule has 0 aromatic carbocycles. The maximum atomic E-state index is 5.75. The van der Waals surface area contributed by atoms with E-state index in [1.54, 1.807) is 0 Å². The van der Waals surface area contributed by atoms with E-state index >= 15 is 0 Å². The summed E-state index contributed by atoms with van der Waals surface area (Å²) < 4.78 is 7.69. The lowest BCUT2D eigenvalue weighted by Crippen LogP contribution is -2.59. The molecule has 0 amide bonds. The lowest BCUT2D eigenvalue weighted by atomic mass is 10.1. The quantitative estimate of drug-likeness (QED) is 0.825. The fourth-order valence-electron chi connectivity index (χ4n) is 3.74. The van der Waals surface area contributed by atoms with Gasteiger partial charge < -0.3 is 9.64 Å². The van der Waals surface area contributed by atoms with Crippen LogP contribution in [0.3, 0.4) is 0 Å². The molecule has 1 unspecified atom stereocenters. The van der Waals surface area contributed by atoms with Crippen LogP contribution < -0.4 is 4.90 Å². The molecule has 1 saturated carbocycles. The van der Waals surface area contributed by atoms with Gasteiger partial charge in [0, 0.05) is 38.2 Å². The normalized spacial score (nSPS) is 24.9. The minimum Gasteiger partial charge on any atom is -0.377 e. The SMILES string of the molecule is CN(CC1CCCO1)C1CN(c2ccc3nnc(C4CC4)n3n2)C1. The summed E-state index contributed by atoms with van der Waals surface area (Å²) in [5.41, 5.74) is 0.855. The second-order valence-corrected chi connectivity index (χ2v) is 7.43. The third kappa shape index (κ3) is 2.56. The van der Waals surface area contributed by atoms with Crippen LogP contribution in [0.2, 0.25) is 0 Å². The van der Waals surface area contributed by atoms with Crippen LogP contribution >= 0.6 is 0 Å². The number of ether oxygens (including phenoxy) is 1. The zero-order valence-electron chi connectivity index (χ0n) is 14.1. The van der Waals surface area contributed by atoms with Gasteiger partial charge in [0.2, 0.25) is 0 Å². The fourth-order valence-corrected chi connectivity index (χ4v) is 3.74. The van der Waals surface area contributed by atoms with Gasteiger partial charge in [-0.3, -0.25) is 4.90 Å². The highest BCUT2D eigenvalue weighted by atomic mass is 16.5. The van der Waals surface area contributed by atoms with Gasteiger partial charge in [0.15, 0.2) is 11.5 Å². The van der Waals surface area contributed by atoms with E-state index in [0.717, 1.165) is 43.5 Å². The van der Waals surface area contributed by atoms with E-state index in [1.165, 1.54) is 25.7 Å². The van der Waals surface area contributed by atoms with Crippen LogP contribution in [0, 0.1) is 0 Å². The van der Waals surface area contributed by atoms with Crippen molar-refractivity contribution >= 4 is 11.5 Å². The van der Waals surface area contributed by atoms with Gasteiger partial charge in [0.05, 0.1) is 6.10 Å². The van der Waals surface area contributed by atoms with E-state index in [2.05, 4.69) is 33.1 Å². The van der Waals surface area contributed by atoms with Crippen molar-refractivity contribution in [2.75, 3.05) is 38.2 Å². The lowest BCUT2D eigenvalue weighted by Gasteiger charge is -2.45. The van der Waals surface area contributed by atoms with Crippen molar-refractivity contribution in [1.82, 2.24) is 24.7 Å². The third-order valence-electron chi connectivity index (χ3n) is 5.54. The van der Waals surface area contributed by atoms with Crippen molar-refractivity contribution in [1.29, 1.82) is 0 Å². The molecule has 24 heavy (non-hydrogen) atoms. The van der Waals surface area contributed by atoms with Crippen molar-refractivity contribution in [3.05, 3.63) is 18.0 Å². The summed E-state index contributed by atoms with van der Waals surface area (Å²) in [6.07, 6.45) is 5.27. The molecule has 1 aliphatic carbocycles. The summed E-state index contributed by atoms with van der Waals surface area (Å²) in [6, 6.07) is 4.69. The van der Waals surface area contributed by atoms with Crippen molar-refractivity contribution < 1.29 is 4.74 Å². The largest absolute Gasteiger partial charge is 0.377 e. The number of aromatic nitrogens is 4. The predicted molar refractivity (Wildman–Crippen MR) is 90.4 cm³/mol. The first kappa shape index (κ1) is 14.6. The highest BCUT2D eigenvalue weighted by Crippen LogP contribution is 2.38. The molecular weight excluding hydrogens is 304 g/mol. The third-order valence-corrected chi connectivity index (χ3v) is 5.54. The molecule has 4 heterocycles. The molecule has 1 atom stereocenters. The summed E-state index contributed by atoms with van der Waals surface area (Å²) in [5.74, 6) is 2.62. The Morgan fingerprint density at radius 3 is 2.83 bits per heavy atom. The van der Waals surface area contributed by atoms with Crippen LogP contribution in [0.4, 0.5) is 5.82 Å². The molecule has 0 spiro atoms. The zero-order valence-corrected chi connectivity index (χ0v) is 14.1. The van der Waals surface area contributed by atoms with Crippen LogP contribution in [-0.4, -0.2) is 70.1 Å². The summed E-state index contributed by atoms with van der Waals surface area (Å²) in [7, 11) is 2.21. The summed E-state index contributed by atoms with van der Waals surface area (Å²) in [6.45, 7) is 4.04. The number of likely N-dealkylation sites (N-methyl/N-ethyl adjacent to an activating group) is 1. The van der Waals surface area contributed by atoms with Crippen molar-refractivity contribution in [2.45, 2.75) is 43.7 Å². The Balaban J connectivity index is 1.25. The van der Waals surface area contributed by atoms with E-state index in [4.69, 9.17) is 9.84 Å². The molecule has 7 nitrogen and oxygen atoms in total. The second-order valence-electron chi connectivity index (χ2n) is 7.43. The topological polar surface area (TPSA) is 58.8 Å². The van der Waals surface area contributed by atoms with Gasteiger partial charge in [0.1, 0.15) is 5.82 Å². The number of fused-ring (bicyclic) bond motifs is 1. The van der Waals surface area contributed by atoms with Gasteiger partial charge in [0.25, 0.3) is 0 Å². The Labute approximate surface area is 141 Å². The Morgan fingerprint density at radius 1 is 1.21 bits per heavy atom. The molecule has 3 aliphatic rings. The van der Waals surface area contributed by atoms with Gasteiger partial charge in [-0.05, 0) is 44.9 Å². The first-order valence-electron chi connectivity index (χ1n) is 9.07. The average Bonchev–Trinajstić information content (AvgIpc) is 3.08. The molecule has 5 rings (SSSR count). The fraction of sp³-hybridized carbons (Fsp3) is 0.706. The van der Waals surface area contributed by atoms with Crippen LogP contribution in [0.1, 0.15) is 37.4 Å². The Hall–Kier alpha value is -1.73. The summed E-state index contributed by atoms with van der Waals surface area (Å²) in [4.78, 5) is 4.78. The minimum absolute atomic E-state index is 0.427. The Morgan fingerprint density at radius 2 is 2.08 bits per heavy atom. The van der Waals surface area contributed by atoms with Gasteiger partial charge in [-0.2, -0.15) is 4.52 Å². The van der Waals surface area contributed by atoms with Crippen LogP contribution in [-0.2, 0) is 4.74 Å². The van der Waals surface area contributed by atoms with Gasteiger partial charge in [-0.15, -0.1) is 15.3 Å². The van der Waals surface area contributed by atoms with Gasteiger partial charge >= 0.3 is 0 Å². The minimum atomic E-state index is 0.427. The molecule has 0 N–H and O–H groups in total. The molecule has 128 valence electrons. The van der Waals surface area contributed by atoms with Crippen molar-refractivity contribution in [3.8, 4) is 0 Å². The van der Waals surface area contributed by atoms with Crippen LogP contribution in [0.15, 0.2) is 12.1 Å². The standard InChI is InChI=1S/C17H24N6O/c1-21(11-14-3-2-8-24-14)13-9-22(10-13)16-7-6-15-18-19-17(12-4-5-12)23(15)20-16/h6-7,12-14H,2-5,8-11H2,1H3. The van der Waals surface area contributed by atoms with Crippen LogP contribution in [0.5, 0.6) is 0 Å². The number of hydrogen-bond donors (Lipinski definition) is 0. The molecule has 0 radical (unpaired) electrons. The molecule has 7 heteroatoms. The smallest absolute Gasteiger partial charge is 0.178 e.